The summed E-state index contributed by atoms with van der Waals surface area (Å²) < 4.78 is 5.44. The maximum Gasteiger partial charge on any atom is 0.231 e. The number of rotatable bonds is 4. The molecule has 0 saturated heterocycles. The van der Waals surface area contributed by atoms with Crippen LogP contribution in [0.3, 0.4) is 0 Å². The summed E-state index contributed by atoms with van der Waals surface area (Å²) in [7, 11) is 0. The SMILES string of the molecule is CC(C)C(CN)c1nc(-c2cccc3ccccc23)no1. The Labute approximate surface area is 124 Å². The van der Waals surface area contributed by atoms with Crippen LogP contribution >= 0.6 is 0 Å². The third-order valence-corrected chi connectivity index (χ3v) is 3.85. The monoisotopic (exact) mass is 281 g/mol. The first-order chi connectivity index (χ1) is 10.2. The van der Waals surface area contributed by atoms with Gasteiger partial charge in [-0.1, -0.05) is 61.5 Å². The minimum Gasteiger partial charge on any atom is -0.339 e. The van der Waals surface area contributed by atoms with Gasteiger partial charge < -0.3 is 10.3 Å². The van der Waals surface area contributed by atoms with Gasteiger partial charge in [0.05, 0.1) is 5.92 Å². The van der Waals surface area contributed by atoms with Crippen LogP contribution in [0.15, 0.2) is 47.0 Å². The van der Waals surface area contributed by atoms with E-state index in [1.54, 1.807) is 0 Å². The van der Waals surface area contributed by atoms with E-state index in [0.717, 1.165) is 10.9 Å². The highest BCUT2D eigenvalue weighted by Gasteiger charge is 2.21. The number of fused-ring (bicyclic) bond motifs is 1. The highest BCUT2D eigenvalue weighted by Crippen LogP contribution is 2.29. The summed E-state index contributed by atoms with van der Waals surface area (Å²) in [4.78, 5) is 4.57. The van der Waals surface area contributed by atoms with E-state index in [0.29, 0.717) is 24.2 Å². The molecular weight excluding hydrogens is 262 g/mol. The molecule has 1 unspecified atom stereocenters. The maximum absolute atomic E-state index is 5.82. The minimum absolute atomic E-state index is 0.0984. The van der Waals surface area contributed by atoms with Crippen LogP contribution in [0.25, 0.3) is 22.2 Å². The fourth-order valence-corrected chi connectivity index (χ4v) is 2.57. The third kappa shape index (κ3) is 2.54. The smallest absolute Gasteiger partial charge is 0.231 e. The lowest BCUT2D eigenvalue weighted by atomic mass is 9.96. The molecule has 0 spiro atoms. The fraction of sp³-hybridized carbons (Fsp3) is 0.294. The molecule has 2 aromatic carbocycles. The predicted molar refractivity (Wildman–Crippen MR) is 83.9 cm³/mol. The molecule has 0 saturated carbocycles. The molecule has 0 fully saturated rings. The summed E-state index contributed by atoms with van der Waals surface area (Å²) in [6.45, 7) is 4.73. The average Bonchev–Trinajstić information content (AvgIpc) is 2.96. The summed E-state index contributed by atoms with van der Waals surface area (Å²) in [6, 6.07) is 14.3. The van der Waals surface area contributed by atoms with Crippen molar-refractivity contribution in [3.63, 3.8) is 0 Å². The Kier molecular flexibility index (Phi) is 3.71. The van der Waals surface area contributed by atoms with Gasteiger partial charge in [0.2, 0.25) is 11.7 Å². The van der Waals surface area contributed by atoms with E-state index in [-0.39, 0.29) is 5.92 Å². The zero-order valence-corrected chi connectivity index (χ0v) is 12.3. The normalized spacial score (nSPS) is 13.0. The first-order valence-electron chi connectivity index (χ1n) is 7.22. The molecular formula is C17H19N3O. The van der Waals surface area contributed by atoms with Crippen molar-refractivity contribution in [1.29, 1.82) is 0 Å². The Morgan fingerprint density at radius 1 is 1.10 bits per heavy atom. The van der Waals surface area contributed by atoms with Gasteiger partial charge in [0.25, 0.3) is 0 Å². The van der Waals surface area contributed by atoms with Crippen molar-refractivity contribution in [2.24, 2.45) is 11.7 Å². The number of hydrogen-bond acceptors (Lipinski definition) is 4. The number of hydrogen-bond donors (Lipinski definition) is 1. The first kappa shape index (κ1) is 13.8. The molecule has 4 nitrogen and oxygen atoms in total. The molecule has 21 heavy (non-hydrogen) atoms. The van der Waals surface area contributed by atoms with Crippen molar-refractivity contribution in [3.8, 4) is 11.4 Å². The van der Waals surface area contributed by atoms with Crippen LogP contribution in [-0.4, -0.2) is 16.7 Å². The molecule has 1 aromatic heterocycles. The van der Waals surface area contributed by atoms with E-state index in [1.807, 2.05) is 24.3 Å². The fourth-order valence-electron chi connectivity index (χ4n) is 2.57. The quantitative estimate of drug-likeness (QED) is 0.793. The van der Waals surface area contributed by atoms with Gasteiger partial charge in [-0.25, -0.2) is 0 Å². The Morgan fingerprint density at radius 2 is 1.86 bits per heavy atom. The summed E-state index contributed by atoms with van der Waals surface area (Å²) in [6.07, 6.45) is 0. The van der Waals surface area contributed by atoms with E-state index in [2.05, 4.69) is 42.2 Å². The van der Waals surface area contributed by atoms with Crippen molar-refractivity contribution in [1.82, 2.24) is 10.1 Å². The van der Waals surface area contributed by atoms with Gasteiger partial charge in [0.1, 0.15) is 0 Å². The Morgan fingerprint density at radius 3 is 2.62 bits per heavy atom. The Balaban J connectivity index is 2.06. The molecule has 4 heteroatoms. The second-order valence-electron chi connectivity index (χ2n) is 5.57. The molecule has 0 bridgehead atoms. The number of nitrogens with zero attached hydrogens (tertiary/aromatic N) is 2. The highest BCUT2D eigenvalue weighted by atomic mass is 16.5. The van der Waals surface area contributed by atoms with Crippen molar-refractivity contribution >= 4 is 10.8 Å². The zero-order chi connectivity index (χ0) is 14.8. The summed E-state index contributed by atoms with van der Waals surface area (Å²) >= 11 is 0. The van der Waals surface area contributed by atoms with E-state index in [1.165, 1.54) is 5.39 Å². The Bertz CT molecular complexity index is 743. The zero-order valence-electron chi connectivity index (χ0n) is 12.3. The number of benzene rings is 2. The van der Waals surface area contributed by atoms with E-state index >= 15 is 0 Å². The van der Waals surface area contributed by atoms with E-state index < -0.39 is 0 Å². The standard InChI is InChI=1S/C17H19N3O/c1-11(2)15(10-18)17-19-16(20-21-17)14-9-5-7-12-6-3-4-8-13(12)14/h3-9,11,15H,10,18H2,1-2H3. The van der Waals surface area contributed by atoms with Crippen LogP contribution < -0.4 is 5.73 Å². The largest absolute Gasteiger partial charge is 0.339 e. The second-order valence-corrected chi connectivity index (χ2v) is 5.57. The maximum atomic E-state index is 5.82. The topological polar surface area (TPSA) is 64.9 Å². The molecule has 1 heterocycles. The molecule has 1 atom stereocenters. The molecule has 0 aliphatic rings. The molecule has 0 radical (unpaired) electrons. The van der Waals surface area contributed by atoms with E-state index in [4.69, 9.17) is 10.3 Å². The van der Waals surface area contributed by atoms with Crippen molar-refractivity contribution in [3.05, 3.63) is 48.4 Å². The lowest BCUT2D eigenvalue weighted by Crippen LogP contribution is -2.18. The van der Waals surface area contributed by atoms with Crippen LogP contribution in [0.2, 0.25) is 0 Å². The van der Waals surface area contributed by atoms with Crippen LogP contribution in [-0.2, 0) is 0 Å². The molecule has 3 aromatic rings. The molecule has 3 rings (SSSR count). The highest BCUT2D eigenvalue weighted by molar-refractivity contribution is 5.94. The first-order valence-corrected chi connectivity index (χ1v) is 7.22. The van der Waals surface area contributed by atoms with Crippen LogP contribution in [0.1, 0.15) is 25.7 Å². The lowest BCUT2D eigenvalue weighted by molar-refractivity contribution is 0.324. The second kappa shape index (κ2) is 5.66. The van der Waals surface area contributed by atoms with Crippen molar-refractivity contribution in [2.45, 2.75) is 19.8 Å². The summed E-state index contributed by atoms with van der Waals surface area (Å²) in [5.74, 6) is 1.72. The molecule has 108 valence electrons. The van der Waals surface area contributed by atoms with Gasteiger partial charge in [-0.15, -0.1) is 0 Å². The minimum atomic E-state index is 0.0984. The van der Waals surface area contributed by atoms with E-state index in [9.17, 15) is 0 Å². The van der Waals surface area contributed by atoms with Gasteiger partial charge in [0.15, 0.2) is 0 Å². The van der Waals surface area contributed by atoms with Gasteiger partial charge >= 0.3 is 0 Å². The lowest BCUT2D eigenvalue weighted by Gasteiger charge is -2.13. The molecule has 2 N–H and O–H groups in total. The molecule has 0 amide bonds. The van der Waals surface area contributed by atoms with Gasteiger partial charge in [-0.2, -0.15) is 4.98 Å². The summed E-state index contributed by atoms with van der Waals surface area (Å²) in [5, 5.41) is 6.44. The van der Waals surface area contributed by atoms with Gasteiger partial charge in [-0.05, 0) is 16.7 Å². The van der Waals surface area contributed by atoms with Crippen LogP contribution in [0, 0.1) is 5.92 Å². The van der Waals surface area contributed by atoms with Gasteiger partial charge in [-0.3, -0.25) is 0 Å². The number of nitrogens with two attached hydrogens (primary N) is 1. The summed E-state index contributed by atoms with van der Waals surface area (Å²) in [5.41, 5.74) is 6.80. The van der Waals surface area contributed by atoms with Crippen LogP contribution in [0.5, 0.6) is 0 Å². The average molecular weight is 281 g/mol. The van der Waals surface area contributed by atoms with Crippen molar-refractivity contribution in [2.75, 3.05) is 6.54 Å². The van der Waals surface area contributed by atoms with Crippen LogP contribution in [0.4, 0.5) is 0 Å². The predicted octanol–water partition coefficient (Wildman–Crippen LogP) is 3.59. The molecule has 0 aliphatic carbocycles. The third-order valence-electron chi connectivity index (χ3n) is 3.85. The van der Waals surface area contributed by atoms with Gasteiger partial charge in [0, 0.05) is 12.1 Å². The Hall–Kier alpha value is -2.20. The number of aromatic nitrogens is 2. The molecule has 0 aliphatic heterocycles. The van der Waals surface area contributed by atoms with Crippen molar-refractivity contribution < 1.29 is 4.52 Å².